The zero-order valence-electron chi connectivity index (χ0n) is 10.3. The number of carboxylic acids is 1. The Morgan fingerprint density at radius 3 is 2.53 bits per heavy atom. The third-order valence-electron chi connectivity index (χ3n) is 2.62. The van der Waals surface area contributed by atoms with Crippen molar-refractivity contribution in [3.8, 4) is 0 Å². The van der Waals surface area contributed by atoms with E-state index in [0.29, 0.717) is 0 Å². The standard InChI is InChI=1S/C15H12FNO2/c1-10-2-4-11(5-3-10)9-17-14-8-12(16)6-7-13(14)15(18)19/h2-9H,1H3,(H,18,19). The summed E-state index contributed by atoms with van der Waals surface area (Å²) in [6.45, 7) is 1.97. The fourth-order valence-electron chi connectivity index (χ4n) is 1.59. The molecule has 0 saturated heterocycles. The number of carbonyl (C=O) groups is 1. The Hall–Kier alpha value is -2.49. The molecule has 0 unspecified atom stereocenters. The van der Waals surface area contributed by atoms with Gasteiger partial charge in [0.25, 0.3) is 0 Å². The molecule has 4 heteroatoms. The van der Waals surface area contributed by atoms with Crippen LogP contribution in [0.25, 0.3) is 0 Å². The molecule has 0 fully saturated rings. The van der Waals surface area contributed by atoms with E-state index in [1.54, 1.807) is 0 Å². The molecule has 3 nitrogen and oxygen atoms in total. The lowest BCUT2D eigenvalue weighted by Crippen LogP contribution is -1.97. The molecule has 96 valence electrons. The predicted molar refractivity (Wildman–Crippen MR) is 71.8 cm³/mol. The molecule has 0 aliphatic heterocycles. The van der Waals surface area contributed by atoms with Crippen molar-refractivity contribution in [2.75, 3.05) is 0 Å². The van der Waals surface area contributed by atoms with Crippen molar-refractivity contribution in [1.29, 1.82) is 0 Å². The highest BCUT2D eigenvalue weighted by Gasteiger charge is 2.09. The first-order chi connectivity index (χ1) is 9.06. The van der Waals surface area contributed by atoms with Gasteiger partial charge in [-0.25, -0.2) is 9.18 Å². The molecule has 0 aromatic heterocycles. The van der Waals surface area contributed by atoms with Gasteiger partial charge in [0.15, 0.2) is 0 Å². The van der Waals surface area contributed by atoms with Crippen molar-refractivity contribution in [2.45, 2.75) is 6.92 Å². The normalized spacial score (nSPS) is 10.8. The SMILES string of the molecule is Cc1ccc(C=Nc2cc(F)ccc2C(=O)O)cc1. The summed E-state index contributed by atoms with van der Waals surface area (Å²) in [6.07, 6.45) is 1.51. The van der Waals surface area contributed by atoms with E-state index in [4.69, 9.17) is 5.11 Å². The molecular weight excluding hydrogens is 245 g/mol. The Morgan fingerprint density at radius 2 is 1.89 bits per heavy atom. The minimum absolute atomic E-state index is 0.0234. The molecule has 0 saturated carbocycles. The first-order valence-electron chi connectivity index (χ1n) is 5.70. The van der Waals surface area contributed by atoms with Gasteiger partial charge in [-0.15, -0.1) is 0 Å². The number of aromatic carboxylic acids is 1. The van der Waals surface area contributed by atoms with E-state index in [1.807, 2.05) is 31.2 Å². The topological polar surface area (TPSA) is 49.7 Å². The van der Waals surface area contributed by atoms with Crippen LogP contribution in [-0.2, 0) is 0 Å². The van der Waals surface area contributed by atoms with E-state index in [-0.39, 0.29) is 11.3 Å². The lowest BCUT2D eigenvalue weighted by Gasteiger charge is -2.01. The molecular formula is C15H12FNO2. The van der Waals surface area contributed by atoms with Gasteiger partial charge in [0, 0.05) is 12.3 Å². The number of hydrogen-bond donors (Lipinski definition) is 1. The molecule has 0 aliphatic rings. The Kier molecular flexibility index (Phi) is 3.71. The van der Waals surface area contributed by atoms with E-state index < -0.39 is 11.8 Å². The van der Waals surface area contributed by atoms with Crippen molar-refractivity contribution in [1.82, 2.24) is 0 Å². The number of carboxylic acid groups (broad SMARTS) is 1. The van der Waals surface area contributed by atoms with E-state index in [2.05, 4.69) is 4.99 Å². The first kappa shape index (κ1) is 13.0. The second-order valence-electron chi connectivity index (χ2n) is 4.14. The largest absolute Gasteiger partial charge is 0.478 e. The number of hydrogen-bond acceptors (Lipinski definition) is 2. The summed E-state index contributed by atoms with van der Waals surface area (Å²) in [5, 5.41) is 8.99. The van der Waals surface area contributed by atoms with Gasteiger partial charge >= 0.3 is 5.97 Å². The maximum atomic E-state index is 13.1. The van der Waals surface area contributed by atoms with Gasteiger partial charge in [-0.05, 0) is 24.6 Å². The monoisotopic (exact) mass is 257 g/mol. The third-order valence-corrected chi connectivity index (χ3v) is 2.62. The molecule has 0 radical (unpaired) electrons. The van der Waals surface area contributed by atoms with Crippen LogP contribution in [0.2, 0.25) is 0 Å². The summed E-state index contributed by atoms with van der Waals surface area (Å²) < 4.78 is 13.1. The molecule has 2 aromatic rings. The number of rotatable bonds is 3. The molecule has 1 N–H and O–H groups in total. The fourth-order valence-corrected chi connectivity index (χ4v) is 1.59. The molecule has 0 bridgehead atoms. The van der Waals surface area contributed by atoms with Crippen LogP contribution in [0.5, 0.6) is 0 Å². The van der Waals surface area contributed by atoms with E-state index >= 15 is 0 Å². The molecule has 19 heavy (non-hydrogen) atoms. The Balaban J connectivity index is 2.34. The zero-order chi connectivity index (χ0) is 13.8. The van der Waals surface area contributed by atoms with Crippen molar-refractivity contribution in [3.63, 3.8) is 0 Å². The Labute approximate surface area is 110 Å². The molecule has 0 atom stereocenters. The lowest BCUT2D eigenvalue weighted by molar-refractivity contribution is 0.0698. The van der Waals surface area contributed by atoms with Crippen LogP contribution < -0.4 is 0 Å². The maximum absolute atomic E-state index is 13.1. The second-order valence-corrected chi connectivity index (χ2v) is 4.14. The van der Waals surface area contributed by atoms with Crippen LogP contribution in [0.3, 0.4) is 0 Å². The number of aryl methyl sites for hydroxylation is 1. The molecule has 2 aromatic carbocycles. The summed E-state index contributed by atoms with van der Waals surface area (Å²) in [6, 6.07) is 11.0. The van der Waals surface area contributed by atoms with Crippen LogP contribution in [0.4, 0.5) is 10.1 Å². The van der Waals surface area contributed by atoms with Crippen LogP contribution >= 0.6 is 0 Å². The second kappa shape index (κ2) is 5.44. The van der Waals surface area contributed by atoms with Crippen LogP contribution in [-0.4, -0.2) is 17.3 Å². The number of benzene rings is 2. The summed E-state index contributed by atoms with van der Waals surface area (Å²) in [5.41, 5.74) is 2.03. The average molecular weight is 257 g/mol. The summed E-state index contributed by atoms with van der Waals surface area (Å²) in [4.78, 5) is 15.0. The van der Waals surface area contributed by atoms with E-state index in [1.165, 1.54) is 12.3 Å². The van der Waals surface area contributed by atoms with Gasteiger partial charge in [0.1, 0.15) is 5.82 Å². The van der Waals surface area contributed by atoms with Gasteiger partial charge in [-0.3, -0.25) is 4.99 Å². The van der Waals surface area contributed by atoms with E-state index in [9.17, 15) is 9.18 Å². The number of nitrogens with zero attached hydrogens (tertiary/aromatic N) is 1. The lowest BCUT2D eigenvalue weighted by atomic mass is 10.1. The van der Waals surface area contributed by atoms with Crippen molar-refractivity contribution in [2.24, 2.45) is 4.99 Å². The molecule has 0 heterocycles. The van der Waals surface area contributed by atoms with Gasteiger partial charge in [0.2, 0.25) is 0 Å². The van der Waals surface area contributed by atoms with Crippen molar-refractivity contribution < 1.29 is 14.3 Å². The summed E-state index contributed by atoms with van der Waals surface area (Å²) in [5.74, 6) is -1.64. The molecule has 0 amide bonds. The Morgan fingerprint density at radius 1 is 1.21 bits per heavy atom. The van der Waals surface area contributed by atoms with E-state index in [0.717, 1.165) is 23.3 Å². The quantitative estimate of drug-likeness (QED) is 0.854. The van der Waals surface area contributed by atoms with Crippen LogP contribution in [0.15, 0.2) is 47.5 Å². The molecule has 0 aliphatic carbocycles. The van der Waals surface area contributed by atoms with Gasteiger partial charge in [-0.1, -0.05) is 29.8 Å². The highest BCUT2D eigenvalue weighted by atomic mass is 19.1. The minimum atomic E-state index is -1.13. The maximum Gasteiger partial charge on any atom is 0.337 e. The fraction of sp³-hybridized carbons (Fsp3) is 0.0667. The van der Waals surface area contributed by atoms with Gasteiger partial charge in [-0.2, -0.15) is 0 Å². The van der Waals surface area contributed by atoms with Crippen LogP contribution in [0, 0.1) is 12.7 Å². The minimum Gasteiger partial charge on any atom is -0.478 e. The van der Waals surface area contributed by atoms with Gasteiger partial charge < -0.3 is 5.11 Å². The third kappa shape index (κ3) is 3.25. The Bertz CT molecular complexity index is 633. The highest BCUT2D eigenvalue weighted by Crippen LogP contribution is 2.20. The molecule has 0 spiro atoms. The first-order valence-corrected chi connectivity index (χ1v) is 5.70. The smallest absolute Gasteiger partial charge is 0.337 e. The zero-order valence-corrected chi connectivity index (χ0v) is 10.3. The number of halogens is 1. The number of aliphatic imine (C=N–C) groups is 1. The van der Waals surface area contributed by atoms with Crippen molar-refractivity contribution >= 4 is 17.9 Å². The van der Waals surface area contributed by atoms with Crippen molar-refractivity contribution in [3.05, 3.63) is 65.0 Å². The highest BCUT2D eigenvalue weighted by molar-refractivity contribution is 5.95. The summed E-state index contributed by atoms with van der Waals surface area (Å²) >= 11 is 0. The average Bonchev–Trinajstić information content (AvgIpc) is 2.38. The predicted octanol–water partition coefficient (Wildman–Crippen LogP) is 3.58. The summed E-state index contributed by atoms with van der Waals surface area (Å²) in [7, 11) is 0. The molecule has 2 rings (SSSR count). The van der Waals surface area contributed by atoms with Gasteiger partial charge in [0.05, 0.1) is 11.3 Å². The van der Waals surface area contributed by atoms with Crippen LogP contribution in [0.1, 0.15) is 21.5 Å².